The number of aromatic nitrogens is 1. The quantitative estimate of drug-likeness (QED) is 0.742. The Kier molecular flexibility index (Phi) is 2.48. The average molecular weight is 223 g/mol. The summed E-state index contributed by atoms with van der Waals surface area (Å²) in [5, 5.41) is 0. The minimum atomic E-state index is 0.275. The van der Waals surface area contributed by atoms with E-state index in [9.17, 15) is 4.79 Å². The van der Waals surface area contributed by atoms with Crippen molar-refractivity contribution in [3.8, 4) is 11.1 Å². The molecule has 0 unspecified atom stereocenters. The highest BCUT2D eigenvalue weighted by Crippen LogP contribution is 2.30. The van der Waals surface area contributed by atoms with Crippen molar-refractivity contribution in [2.24, 2.45) is 0 Å². The third kappa shape index (κ3) is 1.76. The zero-order valence-corrected chi connectivity index (χ0v) is 9.52. The molecular formula is C15H13NO. The highest BCUT2D eigenvalue weighted by Gasteiger charge is 2.19. The van der Waals surface area contributed by atoms with Gasteiger partial charge in [0.15, 0.2) is 5.78 Å². The van der Waals surface area contributed by atoms with Gasteiger partial charge in [0.2, 0.25) is 0 Å². The predicted molar refractivity (Wildman–Crippen MR) is 66.9 cm³/mol. The summed E-state index contributed by atoms with van der Waals surface area (Å²) in [5.74, 6) is 0.275. The van der Waals surface area contributed by atoms with E-state index in [1.54, 1.807) is 6.20 Å². The molecule has 1 aliphatic rings. The van der Waals surface area contributed by atoms with Gasteiger partial charge < -0.3 is 0 Å². The van der Waals surface area contributed by atoms with E-state index in [0.29, 0.717) is 6.42 Å². The van der Waals surface area contributed by atoms with Crippen LogP contribution in [-0.4, -0.2) is 10.8 Å². The molecule has 0 saturated heterocycles. The number of carbonyl (C=O) groups is 1. The number of benzene rings is 1. The largest absolute Gasteiger partial charge is 0.294 e. The van der Waals surface area contributed by atoms with E-state index in [2.05, 4.69) is 11.1 Å². The number of fused-ring (bicyclic) bond motifs is 1. The van der Waals surface area contributed by atoms with Crippen LogP contribution in [0.5, 0.6) is 0 Å². The fourth-order valence-electron chi connectivity index (χ4n) is 2.47. The Hall–Kier alpha value is -1.96. The summed E-state index contributed by atoms with van der Waals surface area (Å²) in [6, 6.07) is 9.95. The van der Waals surface area contributed by atoms with E-state index in [0.717, 1.165) is 29.5 Å². The van der Waals surface area contributed by atoms with Crippen LogP contribution in [-0.2, 0) is 6.42 Å². The summed E-state index contributed by atoms with van der Waals surface area (Å²) >= 11 is 0. The van der Waals surface area contributed by atoms with Crippen molar-refractivity contribution in [2.45, 2.75) is 19.3 Å². The number of pyridine rings is 1. The molecule has 1 heterocycles. The van der Waals surface area contributed by atoms with Crippen LogP contribution in [0.25, 0.3) is 11.1 Å². The number of carbonyl (C=O) groups excluding carboxylic acids is 1. The van der Waals surface area contributed by atoms with Crippen molar-refractivity contribution < 1.29 is 4.79 Å². The molecule has 0 N–H and O–H groups in total. The lowest BCUT2D eigenvalue weighted by Gasteiger charge is -2.18. The van der Waals surface area contributed by atoms with Gasteiger partial charge in [0.1, 0.15) is 0 Å². The van der Waals surface area contributed by atoms with Gasteiger partial charge in [-0.15, -0.1) is 0 Å². The first kappa shape index (κ1) is 10.2. The van der Waals surface area contributed by atoms with Gasteiger partial charge in [0.05, 0.1) is 0 Å². The van der Waals surface area contributed by atoms with E-state index in [1.165, 1.54) is 5.56 Å². The van der Waals surface area contributed by atoms with Gasteiger partial charge in [-0.1, -0.05) is 24.3 Å². The molecule has 0 fully saturated rings. The molecule has 2 aromatic rings. The molecule has 0 radical (unpaired) electrons. The summed E-state index contributed by atoms with van der Waals surface area (Å²) in [5.41, 5.74) is 4.34. The molecule has 0 amide bonds. The Morgan fingerprint density at radius 1 is 1.00 bits per heavy atom. The summed E-state index contributed by atoms with van der Waals surface area (Å²) < 4.78 is 0. The molecule has 0 spiro atoms. The molecule has 1 aromatic carbocycles. The van der Waals surface area contributed by atoms with Crippen LogP contribution in [0.2, 0.25) is 0 Å². The van der Waals surface area contributed by atoms with Crippen LogP contribution in [0.3, 0.4) is 0 Å². The van der Waals surface area contributed by atoms with Gasteiger partial charge in [-0.3, -0.25) is 9.78 Å². The third-order valence-corrected chi connectivity index (χ3v) is 3.28. The zero-order valence-electron chi connectivity index (χ0n) is 9.52. The monoisotopic (exact) mass is 223 g/mol. The number of Topliss-reactive ketones (excluding diaryl/α,β-unsaturated/α-hetero) is 1. The second kappa shape index (κ2) is 4.13. The van der Waals surface area contributed by atoms with Gasteiger partial charge >= 0.3 is 0 Å². The van der Waals surface area contributed by atoms with Crippen LogP contribution in [0.1, 0.15) is 28.8 Å². The Morgan fingerprint density at radius 2 is 1.88 bits per heavy atom. The highest BCUT2D eigenvalue weighted by molar-refractivity contribution is 6.00. The fourth-order valence-corrected chi connectivity index (χ4v) is 2.47. The van der Waals surface area contributed by atoms with E-state index in [-0.39, 0.29) is 5.78 Å². The maximum Gasteiger partial charge on any atom is 0.163 e. The van der Waals surface area contributed by atoms with Crippen LogP contribution in [0, 0.1) is 0 Å². The number of rotatable bonds is 1. The topological polar surface area (TPSA) is 30.0 Å². The Labute approximate surface area is 100 Å². The molecular weight excluding hydrogens is 210 g/mol. The number of ketones is 1. The van der Waals surface area contributed by atoms with Crippen molar-refractivity contribution in [3.63, 3.8) is 0 Å². The van der Waals surface area contributed by atoms with E-state index in [4.69, 9.17) is 0 Å². The lowest BCUT2D eigenvalue weighted by atomic mass is 9.85. The minimum absolute atomic E-state index is 0.275. The normalized spacial score (nSPS) is 14.5. The molecule has 17 heavy (non-hydrogen) atoms. The summed E-state index contributed by atoms with van der Waals surface area (Å²) in [7, 11) is 0. The van der Waals surface area contributed by atoms with Gasteiger partial charge in [0, 0.05) is 29.9 Å². The third-order valence-electron chi connectivity index (χ3n) is 3.28. The average Bonchev–Trinajstić information content (AvgIpc) is 2.40. The maximum atomic E-state index is 11.9. The second-order valence-corrected chi connectivity index (χ2v) is 4.35. The van der Waals surface area contributed by atoms with E-state index >= 15 is 0 Å². The maximum absolute atomic E-state index is 11.9. The van der Waals surface area contributed by atoms with Gasteiger partial charge in [-0.25, -0.2) is 0 Å². The van der Waals surface area contributed by atoms with Crippen molar-refractivity contribution in [3.05, 3.63) is 53.9 Å². The Balaban J connectivity index is 2.19. The molecule has 2 nitrogen and oxygen atoms in total. The van der Waals surface area contributed by atoms with Gasteiger partial charge in [-0.05, 0) is 30.0 Å². The minimum Gasteiger partial charge on any atom is -0.294 e. The summed E-state index contributed by atoms with van der Waals surface area (Å²) in [6.45, 7) is 0. The molecule has 0 aliphatic heterocycles. The fraction of sp³-hybridized carbons (Fsp3) is 0.200. The Bertz CT molecular complexity index is 560. The predicted octanol–water partition coefficient (Wildman–Crippen LogP) is 3.27. The number of hydrogen-bond donors (Lipinski definition) is 0. The van der Waals surface area contributed by atoms with Gasteiger partial charge in [0.25, 0.3) is 0 Å². The highest BCUT2D eigenvalue weighted by atomic mass is 16.1. The molecule has 1 aliphatic carbocycles. The Morgan fingerprint density at radius 3 is 2.71 bits per heavy atom. The van der Waals surface area contributed by atoms with Crippen molar-refractivity contribution in [2.75, 3.05) is 0 Å². The lowest BCUT2D eigenvalue weighted by molar-refractivity contribution is 0.0972. The molecule has 1 aromatic heterocycles. The number of hydrogen-bond acceptors (Lipinski definition) is 2. The number of nitrogens with zero attached hydrogens (tertiary/aromatic N) is 1. The van der Waals surface area contributed by atoms with E-state index in [1.807, 2.05) is 30.5 Å². The van der Waals surface area contributed by atoms with Crippen LogP contribution >= 0.6 is 0 Å². The first-order chi connectivity index (χ1) is 8.36. The van der Waals surface area contributed by atoms with E-state index < -0.39 is 0 Å². The molecule has 84 valence electrons. The molecule has 0 saturated carbocycles. The summed E-state index contributed by atoms with van der Waals surface area (Å²) in [4.78, 5) is 16.0. The smallest absolute Gasteiger partial charge is 0.163 e. The van der Waals surface area contributed by atoms with Crippen molar-refractivity contribution in [1.29, 1.82) is 0 Å². The van der Waals surface area contributed by atoms with Crippen molar-refractivity contribution in [1.82, 2.24) is 4.98 Å². The zero-order chi connectivity index (χ0) is 11.7. The van der Waals surface area contributed by atoms with Crippen LogP contribution in [0.4, 0.5) is 0 Å². The van der Waals surface area contributed by atoms with Crippen LogP contribution in [0.15, 0.2) is 42.7 Å². The first-order valence-electron chi connectivity index (χ1n) is 5.92. The van der Waals surface area contributed by atoms with Crippen LogP contribution < -0.4 is 0 Å². The second-order valence-electron chi connectivity index (χ2n) is 4.35. The summed E-state index contributed by atoms with van der Waals surface area (Å²) in [6.07, 6.45) is 6.26. The molecule has 2 heteroatoms. The molecule has 3 rings (SSSR count). The van der Waals surface area contributed by atoms with Crippen molar-refractivity contribution >= 4 is 5.78 Å². The lowest BCUT2D eigenvalue weighted by Crippen LogP contribution is -2.11. The molecule has 0 bridgehead atoms. The first-order valence-corrected chi connectivity index (χ1v) is 5.92. The van der Waals surface area contributed by atoms with Gasteiger partial charge in [-0.2, -0.15) is 0 Å². The molecule has 0 atom stereocenters. The standard InChI is InChI=1S/C15H13NO/c17-15-8-2-6-13-12(5-1-7-14(13)15)11-4-3-9-16-10-11/h1,3-5,7,9-10H,2,6,8H2. The SMILES string of the molecule is O=C1CCCc2c1cccc2-c1cccnc1.